The van der Waals surface area contributed by atoms with Crippen LogP contribution in [-0.4, -0.2) is 37.1 Å². The topological polar surface area (TPSA) is 15.3 Å². The first-order valence-corrected chi connectivity index (χ1v) is 6.46. The van der Waals surface area contributed by atoms with Crippen molar-refractivity contribution in [2.45, 2.75) is 52.6 Å². The Labute approximate surface area is 95.4 Å². The minimum atomic E-state index is 0.715. The highest BCUT2D eigenvalue weighted by molar-refractivity contribution is 4.89. The van der Waals surface area contributed by atoms with Gasteiger partial charge in [-0.15, -0.1) is 0 Å². The van der Waals surface area contributed by atoms with Gasteiger partial charge in [-0.3, -0.25) is 4.90 Å². The van der Waals surface area contributed by atoms with E-state index in [1.807, 2.05) is 7.05 Å². The van der Waals surface area contributed by atoms with Gasteiger partial charge < -0.3 is 5.32 Å². The van der Waals surface area contributed by atoms with E-state index in [9.17, 15) is 0 Å². The highest BCUT2D eigenvalue weighted by atomic mass is 15.2. The highest BCUT2D eigenvalue weighted by Gasteiger charge is 2.33. The molecule has 2 atom stereocenters. The van der Waals surface area contributed by atoms with Crippen molar-refractivity contribution in [3.63, 3.8) is 0 Å². The second kappa shape index (κ2) is 5.86. The zero-order chi connectivity index (χ0) is 11.4. The Kier molecular flexibility index (Phi) is 5.07. The summed E-state index contributed by atoms with van der Waals surface area (Å²) in [5.41, 5.74) is 0. The Morgan fingerprint density at radius 3 is 2.20 bits per heavy atom. The largest absolute Gasteiger partial charge is 0.319 e. The SMILES string of the molecule is CNCC(C)C(C)N(CC(C)C)C1CC1. The van der Waals surface area contributed by atoms with E-state index < -0.39 is 0 Å². The second-order valence-electron chi connectivity index (χ2n) is 5.60. The molecule has 0 aromatic rings. The third-order valence-electron chi connectivity index (χ3n) is 3.46. The van der Waals surface area contributed by atoms with Crippen LogP contribution in [0.25, 0.3) is 0 Å². The molecule has 0 saturated heterocycles. The molecule has 90 valence electrons. The third kappa shape index (κ3) is 4.12. The van der Waals surface area contributed by atoms with Crippen LogP contribution in [0.15, 0.2) is 0 Å². The summed E-state index contributed by atoms with van der Waals surface area (Å²) in [6.07, 6.45) is 2.84. The molecule has 0 radical (unpaired) electrons. The van der Waals surface area contributed by atoms with Gasteiger partial charge in [0.15, 0.2) is 0 Å². The number of nitrogens with zero attached hydrogens (tertiary/aromatic N) is 1. The predicted octanol–water partition coefficient (Wildman–Crippen LogP) is 2.35. The molecular formula is C13H28N2. The second-order valence-corrected chi connectivity index (χ2v) is 5.60. The van der Waals surface area contributed by atoms with Crippen LogP contribution in [0, 0.1) is 11.8 Å². The molecule has 2 heteroatoms. The molecule has 0 aliphatic heterocycles. The zero-order valence-electron chi connectivity index (χ0n) is 11.1. The van der Waals surface area contributed by atoms with E-state index in [1.54, 1.807) is 0 Å². The van der Waals surface area contributed by atoms with Gasteiger partial charge in [-0.1, -0.05) is 20.8 Å². The summed E-state index contributed by atoms with van der Waals surface area (Å²) in [5, 5.41) is 3.29. The zero-order valence-corrected chi connectivity index (χ0v) is 11.1. The van der Waals surface area contributed by atoms with Crippen LogP contribution in [0.1, 0.15) is 40.5 Å². The summed E-state index contributed by atoms with van der Waals surface area (Å²) in [7, 11) is 2.05. The smallest absolute Gasteiger partial charge is 0.0108 e. The fraction of sp³-hybridized carbons (Fsp3) is 1.00. The molecule has 2 unspecified atom stereocenters. The van der Waals surface area contributed by atoms with E-state index in [2.05, 4.69) is 37.9 Å². The van der Waals surface area contributed by atoms with Crippen molar-refractivity contribution in [3.8, 4) is 0 Å². The van der Waals surface area contributed by atoms with Crippen LogP contribution in [0.4, 0.5) is 0 Å². The molecule has 0 aromatic carbocycles. The van der Waals surface area contributed by atoms with Crippen LogP contribution >= 0.6 is 0 Å². The summed E-state index contributed by atoms with van der Waals surface area (Å²) in [6.45, 7) is 11.8. The Morgan fingerprint density at radius 1 is 1.20 bits per heavy atom. The monoisotopic (exact) mass is 212 g/mol. The summed E-state index contributed by atoms with van der Waals surface area (Å²) >= 11 is 0. The first-order chi connectivity index (χ1) is 7.06. The van der Waals surface area contributed by atoms with Crippen LogP contribution in [0.3, 0.4) is 0 Å². The number of hydrogen-bond acceptors (Lipinski definition) is 2. The summed E-state index contributed by atoms with van der Waals surface area (Å²) in [4.78, 5) is 2.73. The van der Waals surface area contributed by atoms with Crippen molar-refractivity contribution in [1.29, 1.82) is 0 Å². The molecule has 15 heavy (non-hydrogen) atoms. The van der Waals surface area contributed by atoms with Crippen LogP contribution < -0.4 is 5.32 Å². The fourth-order valence-corrected chi connectivity index (χ4v) is 2.30. The lowest BCUT2D eigenvalue weighted by atomic mass is 10.0. The van der Waals surface area contributed by atoms with Crippen LogP contribution in [-0.2, 0) is 0 Å². The van der Waals surface area contributed by atoms with Crippen molar-refractivity contribution < 1.29 is 0 Å². The Morgan fingerprint density at radius 2 is 1.80 bits per heavy atom. The highest BCUT2D eigenvalue weighted by Crippen LogP contribution is 2.31. The molecule has 0 amide bonds. The van der Waals surface area contributed by atoms with E-state index in [-0.39, 0.29) is 0 Å². The van der Waals surface area contributed by atoms with E-state index in [0.717, 1.165) is 24.4 Å². The van der Waals surface area contributed by atoms with Crippen LogP contribution in [0.5, 0.6) is 0 Å². The molecule has 1 rings (SSSR count). The Bertz CT molecular complexity index is 175. The third-order valence-corrected chi connectivity index (χ3v) is 3.46. The average molecular weight is 212 g/mol. The number of nitrogens with one attached hydrogen (secondary N) is 1. The number of rotatable bonds is 7. The molecule has 1 aliphatic carbocycles. The van der Waals surface area contributed by atoms with E-state index >= 15 is 0 Å². The molecule has 1 saturated carbocycles. The molecule has 0 bridgehead atoms. The summed E-state index contributed by atoms with van der Waals surface area (Å²) in [6, 6.07) is 1.61. The number of hydrogen-bond donors (Lipinski definition) is 1. The first kappa shape index (κ1) is 13.0. The Hall–Kier alpha value is -0.0800. The van der Waals surface area contributed by atoms with Crippen molar-refractivity contribution in [3.05, 3.63) is 0 Å². The van der Waals surface area contributed by atoms with Crippen LogP contribution in [0.2, 0.25) is 0 Å². The fourth-order valence-electron chi connectivity index (χ4n) is 2.30. The molecular weight excluding hydrogens is 184 g/mol. The van der Waals surface area contributed by atoms with Gasteiger partial charge in [0, 0.05) is 18.6 Å². The van der Waals surface area contributed by atoms with Crippen molar-refractivity contribution >= 4 is 0 Å². The maximum absolute atomic E-state index is 3.29. The Balaban J connectivity index is 2.46. The van der Waals surface area contributed by atoms with E-state index in [0.29, 0.717) is 6.04 Å². The van der Waals surface area contributed by atoms with Gasteiger partial charge in [-0.2, -0.15) is 0 Å². The quantitative estimate of drug-likeness (QED) is 0.697. The minimum Gasteiger partial charge on any atom is -0.319 e. The predicted molar refractivity (Wildman–Crippen MR) is 67.1 cm³/mol. The summed E-state index contributed by atoms with van der Waals surface area (Å²) in [5.74, 6) is 1.53. The van der Waals surface area contributed by atoms with Crippen molar-refractivity contribution in [2.24, 2.45) is 11.8 Å². The molecule has 2 nitrogen and oxygen atoms in total. The van der Waals surface area contributed by atoms with Gasteiger partial charge >= 0.3 is 0 Å². The molecule has 1 fully saturated rings. The maximum Gasteiger partial charge on any atom is 0.0108 e. The molecule has 0 heterocycles. The normalized spacial score (nSPS) is 21.0. The lowest BCUT2D eigenvalue weighted by Gasteiger charge is -2.34. The van der Waals surface area contributed by atoms with E-state index in [1.165, 1.54) is 19.4 Å². The average Bonchev–Trinajstić information content (AvgIpc) is 2.96. The standard InChI is InChI=1S/C13H28N2/c1-10(2)9-15(13-6-7-13)12(4)11(3)8-14-5/h10-14H,6-9H2,1-5H3. The summed E-state index contributed by atoms with van der Waals surface area (Å²) < 4.78 is 0. The van der Waals surface area contributed by atoms with Gasteiger partial charge in [0.05, 0.1) is 0 Å². The molecule has 1 aliphatic rings. The lowest BCUT2D eigenvalue weighted by Crippen LogP contribution is -2.43. The van der Waals surface area contributed by atoms with Gasteiger partial charge in [0.2, 0.25) is 0 Å². The lowest BCUT2D eigenvalue weighted by molar-refractivity contribution is 0.135. The first-order valence-electron chi connectivity index (χ1n) is 6.46. The van der Waals surface area contributed by atoms with Gasteiger partial charge in [-0.05, 0) is 45.2 Å². The molecule has 0 spiro atoms. The molecule has 1 N–H and O–H groups in total. The van der Waals surface area contributed by atoms with Crippen molar-refractivity contribution in [1.82, 2.24) is 10.2 Å². The van der Waals surface area contributed by atoms with Crippen molar-refractivity contribution in [2.75, 3.05) is 20.1 Å². The van der Waals surface area contributed by atoms with Gasteiger partial charge in [-0.25, -0.2) is 0 Å². The molecule has 0 aromatic heterocycles. The van der Waals surface area contributed by atoms with Gasteiger partial charge in [0.25, 0.3) is 0 Å². The van der Waals surface area contributed by atoms with E-state index in [4.69, 9.17) is 0 Å². The minimum absolute atomic E-state index is 0.715. The van der Waals surface area contributed by atoms with Gasteiger partial charge in [0.1, 0.15) is 0 Å². The maximum atomic E-state index is 3.29.